The molecule has 1 saturated carbocycles. The number of imidazole rings is 1. The van der Waals surface area contributed by atoms with Gasteiger partial charge in [0.25, 0.3) is 0 Å². The second-order valence-electron chi connectivity index (χ2n) is 7.93. The van der Waals surface area contributed by atoms with Gasteiger partial charge in [0.05, 0.1) is 5.41 Å². The number of fused-ring (bicyclic) bond motifs is 2. The van der Waals surface area contributed by atoms with Crippen molar-refractivity contribution in [1.29, 1.82) is 0 Å². The smallest absolute Gasteiger partial charge is 0.356 e. The first-order valence-electron chi connectivity index (χ1n) is 9.86. The minimum atomic E-state index is -1.05. The van der Waals surface area contributed by atoms with E-state index in [2.05, 4.69) is 4.98 Å². The number of carboxylic acid groups (broad SMARTS) is 1. The number of aromatic carboxylic acids is 1. The first kappa shape index (κ1) is 18.9. The quantitative estimate of drug-likeness (QED) is 0.675. The number of rotatable bonds is 5. The van der Waals surface area contributed by atoms with Gasteiger partial charge in [-0.1, -0.05) is 41.9 Å². The Morgan fingerprint density at radius 1 is 1.20 bits per heavy atom. The van der Waals surface area contributed by atoms with Crippen LogP contribution in [0.4, 0.5) is 5.69 Å². The molecule has 152 valence electrons. The van der Waals surface area contributed by atoms with Crippen molar-refractivity contribution in [3.05, 3.63) is 82.4 Å². The zero-order valence-electron chi connectivity index (χ0n) is 16.4. The third kappa shape index (κ3) is 2.75. The molecule has 0 radical (unpaired) electrons. The fourth-order valence-corrected chi connectivity index (χ4v) is 4.84. The topological polar surface area (TPSA) is 75.4 Å². The molecule has 7 heteroatoms. The van der Waals surface area contributed by atoms with Crippen LogP contribution in [0, 0.1) is 6.92 Å². The number of hydrogen-bond donors (Lipinski definition) is 1. The Bertz CT molecular complexity index is 1170. The largest absolute Gasteiger partial charge is 0.476 e. The fourth-order valence-electron chi connectivity index (χ4n) is 4.71. The van der Waals surface area contributed by atoms with E-state index in [-0.39, 0.29) is 17.5 Å². The van der Waals surface area contributed by atoms with Gasteiger partial charge in [0.2, 0.25) is 5.91 Å². The summed E-state index contributed by atoms with van der Waals surface area (Å²) >= 11 is 6.03. The number of carbonyl (C=O) groups is 2. The first-order valence-corrected chi connectivity index (χ1v) is 10.2. The first-order chi connectivity index (χ1) is 14.4. The highest BCUT2D eigenvalue weighted by Crippen LogP contribution is 2.66. The highest BCUT2D eigenvalue weighted by atomic mass is 35.5. The molecule has 1 aliphatic heterocycles. The van der Waals surface area contributed by atoms with Gasteiger partial charge < -0.3 is 14.6 Å². The molecule has 2 heterocycles. The third-order valence-electron chi connectivity index (χ3n) is 6.30. The van der Waals surface area contributed by atoms with Crippen LogP contribution in [-0.2, 0) is 16.8 Å². The van der Waals surface area contributed by atoms with E-state index in [0.717, 1.165) is 23.2 Å². The number of aromatic nitrogens is 2. The predicted octanol–water partition coefficient (Wildman–Crippen LogP) is 4.02. The SMILES string of the molecule is Cc1nc(C(=O)O)cn1CCN1C(=O)C2(CC2c2ccc(Cl)cc2)c2ccccc21. The molecule has 1 fully saturated rings. The van der Waals surface area contributed by atoms with Crippen molar-refractivity contribution < 1.29 is 14.7 Å². The lowest BCUT2D eigenvalue weighted by atomic mass is 9.92. The summed E-state index contributed by atoms with van der Waals surface area (Å²) in [6, 6.07) is 15.7. The van der Waals surface area contributed by atoms with Crippen LogP contribution in [0.25, 0.3) is 0 Å². The summed E-state index contributed by atoms with van der Waals surface area (Å²) in [5.74, 6) is -0.184. The van der Waals surface area contributed by atoms with Crippen LogP contribution in [0.3, 0.4) is 0 Å². The summed E-state index contributed by atoms with van der Waals surface area (Å²) in [4.78, 5) is 30.7. The lowest BCUT2D eigenvalue weighted by molar-refractivity contribution is -0.120. The van der Waals surface area contributed by atoms with Crippen LogP contribution in [-0.4, -0.2) is 33.1 Å². The summed E-state index contributed by atoms with van der Waals surface area (Å²) in [5.41, 5.74) is 2.64. The Morgan fingerprint density at radius 3 is 2.63 bits per heavy atom. The number of carboxylic acids is 1. The number of benzene rings is 2. The Labute approximate surface area is 178 Å². The van der Waals surface area contributed by atoms with E-state index in [1.807, 2.05) is 53.4 Å². The Balaban J connectivity index is 1.43. The van der Waals surface area contributed by atoms with Gasteiger partial charge in [-0.3, -0.25) is 4.79 Å². The van der Waals surface area contributed by atoms with Crippen LogP contribution in [0.5, 0.6) is 0 Å². The van der Waals surface area contributed by atoms with Crippen molar-refractivity contribution in [3.8, 4) is 0 Å². The fraction of sp³-hybridized carbons (Fsp3) is 0.261. The van der Waals surface area contributed by atoms with Gasteiger partial charge in [0.15, 0.2) is 5.69 Å². The van der Waals surface area contributed by atoms with Crippen LogP contribution in [0.15, 0.2) is 54.7 Å². The summed E-state index contributed by atoms with van der Waals surface area (Å²) in [5, 5.41) is 9.84. The Morgan fingerprint density at radius 2 is 1.93 bits per heavy atom. The number of para-hydroxylation sites is 1. The van der Waals surface area contributed by atoms with Gasteiger partial charge in [0, 0.05) is 35.9 Å². The lowest BCUT2D eigenvalue weighted by Gasteiger charge is -2.19. The van der Waals surface area contributed by atoms with Gasteiger partial charge >= 0.3 is 5.97 Å². The van der Waals surface area contributed by atoms with Crippen molar-refractivity contribution in [2.45, 2.75) is 31.2 Å². The number of halogens is 1. The van der Waals surface area contributed by atoms with Gasteiger partial charge in [-0.05, 0) is 42.7 Å². The predicted molar refractivity (Wildman–Crippen MR) is 113 cm³/mol. The highest BCUT2D eigenvalue weighted by Gasteiger charge is 2.66. The molecule has 2 unspecified atom stereocenters. The number of hydrogen-bond acceptors (Lipinski definition) is 3. The molecule has 30 heavy (non-hydrogen) atoms. The van der Waals surface area contributed by atoms with E-state index in [1.165, 1.54) is 6.20 Å². The van der Waals surface area contributed by atoms with Crippen LogP contribution in [0.2, 0.25) is 5.02 Å². The monoisotopic (exact) mass is 421 g/mol. The molecule has 1 spiro atoms. The molecule has 2 aliphatic rings. The Kier molecular flexibility index (Phi) is 4.22. The van der Waals surface area contributed by atoms with Crippen LogP contribution in [0.1, 0.15) is 39.8 Å². The van der Waals surface area contributed by atoms with E-state index in [9.17, 15) is 9.59 Å². The maximum absolute atomic E-state index is 13.6. The molecule has 1 N–H and O–H groups in total. The molecule has 1 aliphatic carbocycles. The number of aryl methyl sites for hydroxylation is 1. The highest BCUT2D eigenvalue weighted by molar-refractivity contribution is 6.30. The molecule has 2 aromatic carbocycles. The van der Waals surface area contributed by atoms with Crippen molar-refractivity contribution in [2.24, 2.45) is 0 Å². The third-order valence-corrected chi connectivity index (χ3v) is 6.55. The molecule has 0 bridgehead atoms. The minimum Gasteiger partial charge on any atom is -0.476 e. The van der Waals surface area contributed by atoms with E-state index in [1.54, 1.807) is 11.5 Å². The summed E-state index contributed by atoms with van der Waals surface area (Å²) in [6.45, 7) is 2.71. The van der Waals surface area contributed by atoms with E-state index < -0.39 is 11.4 Å². The second-order valence-corrected chi connectivity index (χ2v) is 8.36. The second kappa shape index (κ2) is 6.71. The zero-order chi connectivity index (χ0) is 21.0. The molecule has 3 aromatic rings. The number of anilines is 1. The average Bonchev–Trinajstić information content (AvgIpc) is 3.31. The van der Waals surface area contributed by atoms with E-state index in [4.69, 9.17) is 16.7 Å². The molecule has 1 aromatic heterocycles. The summed E-state index contributed by atoms with van der Waals surface area (Å²) < 4.78 is 1.79. The normalized spacial score (nSPS) is 21.9. The summed E-state index contributed by atoms with van der Waals surface area (Å²) in [7, 11) is 0. The van der Waals surface area contributed by atoms with Gasteiger partial charge in [-0.15, -0.1) is 0 Å². The maximum atomic E-state index is 13.6. The lowest BCUT2D eigenvalue weighted by Crippen LogP contribution is -2.35. The maximum Gasteiger partial charge on any atom is 0.356 e. The average molecular weight is 422 g/mol. The van der Waals surface area contributed by atoms with Gasteiger partial charge in [-0.2, -0.15) is 0 Å². The minimum absolute atomic E-state index is 0.0158. The Hall–Kier alpha value is -3.12. The molecular weight excluding hydrogens is 402 g/mol. The standard InChI is InChI=1S/C23H20ClN3O3/c1-14-25-19(21(28)29)13-26(14)10-11-27-20-5-3-2-4-17(20)23(22(27)30)12-18(23)15-6-8-16(24)9-7-15/h2-9,13,18H,10-12H2,1H3,(H,28,29). The summed E-state index contributed by atoms with van der Waals surface area (Å²) in [6.07, 6.45) is 2.31. The zero-order valence-corrected chi connectivity index (χ0v) is 17.1. The van der Waals surface area contributed by atoms with Crippen LogP contribution < -0.4 is 4.90 Å². The van der Waals surface area contributed by atoms with Crippen molar-refractivity contribution >= 4 is 29.2 Å². The van der Waals surface area contributed by atoms with Crippen LogP contribution >= 0.6 is 11.6 Å². The molecule has 5 rings (SSSR count). The van der Waals surface area contributed by atoms with E-state index in [0.29, 0.717) is 23.9 Å². The number of nitrogens with zero attached hydrogens (tertiary/aromatic N) is 3. The van der Waals surface area contributed by atoms with Crippen molar-refractivity contribution in [3.63, 3.8) is 0 Å². The van der Waals surface area contributed by atoms with Gasteiger partial charge in [-0.25, -0.2) is 9.78 Å². The molecular formula is C23H20ClN3O3. The molecule has 2 atom stereocenters. The van der Waals surface area contributed by atoms with E-state index >= 15 is 0 Å². The van der Waals surface area contributed by atoms with Crippen molar-refractivity contribution in [1.82, 2.24) is 9.55 Å². The van der Waals surface area contributed by atoms with Crippen molar-refractivity contribution in [2.75, 3.05) is 11.4 Å². The molecule has 0 saturated heterocycles. The van der Waals surface area contributed by atoms with Gasteiger partial charge in [0.1, 0.15) is 5.82 Å². The molecule has 1 amide bonds. The molecule has 6 nitrogen and oxygen atoms in total. The number of carbonyl (C=O) groups excluding carboxylic acids is 1. The number of amides is 1.